The smallest absolute Gasteiger partial charge is 0.265 e. The van der Waals surface area contributed by atoms with Crippen molar-refractivity contribution >= 4 is 23.3 Å². The molecule has 1 N–H and O–H groups in total. The number of anilines is 1. The Labute approximate surface area is 166 Å². The number of nitrogens with zero attached hydrogens (tertiary/aromatic N) is 2. The molecular weight excluding hydrogens is 358 g/mol. The molecule has 0 atom stereocenters. The van der Waals surface area contributed by atoms with Gasteiger partial charge in [-0.3, -0.25) is 14.4 Å². The second kappa shape index (κ2) is 9.68. The lowest BCUT2D eigenvalue weighted by atomic mass is 10.1. The molecule has 3 rings (SSSR count). The number of ketones is 1. The monoisotopic (exact) mass is 387 g/mol. The van der Waals surface area contributed by atoms with Crippen molar-refractivity contribution in [3.05, 3.63) is 23.8 Å². The molecule has 2 aliphatic heterocycles. The summed E-state index contributed by atoms with van der Waals surface area (Å²) < 4.78 is 5.45. The van der Waals surface area contributed by atoms with E-state index in [1.54, 1.807) is 23.1 Å². The molecule has 28 heavy (non-hydrogen) atoms. The van der Waals surface area contributed by atoms with Crippen LogP contribution in [0, 0.1) is 0 Å². The SMILES string of the molecule is CC(=O)c1ccc2c(c1)N(CCCC(=O)NCCN1CCCCC1)C(=O)CO2. The average molecular weight is 387 g/mol. The molecule has 7 nitrogen and oxygen atoms in total. The van der Waals surface area contributed by atoms with Crippen LogP contribution in [0.4, 0.5) is 5.69 Å². The maximum absolute atomic E-state index is 12.3. The third-order valence-electron chi connectivity index (χ3n) is 5.29. The van der Waals surface area contributed by atoms with Crippen LogP contribution in [-0.2, 0) is 9.59 Å². The molecule has 0 saturated carbocycles. The van der Waals surface area contributed by atoms with Gasteiger partial charge >= 0.3 is 0 Å². The Balaban J connectivity index is 1.46. The lowest BCUT2D eigenvalue weighted by Crippen LogP contribution is -2.40. The summed E-state index contributed by atoms with van der Waals surface area (Å²) in [5.41, 5.74) is 1.15. The van der Waals surface area contributed by atoms with E-state index < -0.39 is 0 Å². The maximum atomic E-state index is 12.3. The molecule has 0 radical (unpaired) electrons. The molecule has 2 aliphatic rings. The number of benzene rings is 1. The molecule has 1 aromatic carbocycles. The molecule has 1 saturated heterocycles. The molecular formula is C21H29N3O4. The molecule has 1 fully saturated rings. The van der Waals surface area contributed by atoms with Gasteiger partial charge in [-0.1, -0.05) is 6.42 Å². The maximum Gasteiger partial charge on any atom is 0.265 e. The van der Waals surface area contributed by atoms with Gasteiger partial charge in [0.2, 0.25) is 5.91 Å². The molecule has 0 spiro atoms. The van der Waals surface area contributed by atoms with Crippen LogP contribution in [0.2, 0.25) is 0 Å². The van der Waals surface area contributed by atoms with Crippen molar-refractivity contribution in [1.29, 1.82) is 0 Å². The van der Waals surface area contributed by atoms with Gasteiger partial charge in [-0.15, -0.1) is 0 Å². The zero-order chi connectivity index (χ0) is 19.9. The quantitative estimate of drug-likeness (QED) is 0.690. The van der Waals surface area contributed by atoms with Crippen molar-refractivity contribution in [3.8, 4) is 5.75 Å². The summed E-state index contributed by atoms with van der Waals surface area (Å²) in [6.45, 7) is 5.71. The van der Waals surface area contributed by atoms with Crippen LogP contribution in [0.5, 0.6) is 5.75 Å². The van der Waals surface area contributed by atoms with Crippen molar-refractivity contribution < 1.29 is 19.1 Å². The lowest BCUT2D eigenvalue weighted by Gasteiger charge is -2.29. The Morgan fingerprint density at radius 3 is 2.68 bits per heavy atom. The Morgan fingerprint density at radius 1 is 1.14 bits per heavy atom. The van der Waals surface area contributed by atoms with E-state index in [4.69, 9.17) is 4.74 Å². The van der Waals surface area contributed by atoms with E-state index in [1.165, 1.54) is 26.2 Å². The fourth-order valence-electron chi connectivity index (χ4n) is 3.69. The molecule has 1 aromatic rings. The number of piperidine rings is 1. The minimum Gasteiger partial charge on any atom is -0.482 e. The predicted molar refractivity (Wildman–Crippen MR) is 107 cm³/mol. The van der Waals surface area contributed by atoms with Gasteiger partial charge in [0.25, 0.3) is 5.91 Å². The number of hydrogen-bond donors (Lipinski definition) is 1. The first kappa shape index (κ1) is 20.3. The fraction of sp³-hybridized carbons (Fsp3) is 0.571. The second-order valence-corrected chi connectivity index (χ2v) is 7.43. The van der Waals surface area contributed by atoms with Gasteiger partial charge in [0.1, 0.15) is 5.75 Å². The van der Waals surface area contributed by atoms with Gasteiger partial charge in [-0.25, -0.2) is 0 Å². The number of hydrogen-bond acceptors (Lipinski definition) is 5. The van der Waals surface area contributed by atoms with Gasteiger partial charge < -0.3 is 19.9 Å². The number of ether oxygens (including phenoxy) is 1. The zero-order valence-corrected chi connectivity index (χ0v) is 16.5. The number of rotatable bonds is 8. The van der Waals surface area contributed by atoms with Crippen LogP contribution in [0.15, 0.2) is 18.2 Å². The van der Waals surface area contributed by atoms with Gasteiger partial charge in [0.15, 0.2) is 12.4 Å². The summed E-state index contributed by atoms with van der Waals surface area (Å²) >= 11 is 0. The average Bonchev–Trinajstić information content (AvgIpc) is 2.70. The third-order valence-corrected chi connectivity index (χ3v) is 5.29. The molecule has 0 unspecified atom stereocenters. The number of carbonyl (C=O) groups is 3. The van der Waals surface area contributed by atoms with E-state index in [9.17, 15) is 14.4 Å². The molecule has 0 aliphatic carbocycles. The van der Waals surface area contributed by atoms with Crippen molar-refractivity contribution in [1.82, 2.24) is 10.2 Å². The topological polar surface area (TPSA) is 79.0 Å². The Bertz CT molecular complexity index is 728. The standard InChI is InChI=1S/C21H29N3O4/c1-16(25)17-7-8-19-18(14-17)24(21(27)15-28-19)12-5-6-20(26)22-9-13-23-10-3-2-4-11-23/h7-8,14H,2-6,9-13,15H2,1H3,(H,22,26). The summed E-state index contributed by atoms with van der Waals surface area (Å²) in [6.07, 6.45) is 4.72. The fourth-order valence-corrected chi connectivity index (χ4v) is 3.69. The van der Waals surface area contributed by atoms with Crippen LogP contribution < -0.4 is 15.0 Å². The van der Waals surface area contributed by atoms with Crippen molar-refractivity contribution in [2.24, 2.45) is 0 Å². The lowest BCUT2D eigenvalue weighted by molar-refractivity contribution is -0.122. The normalized spacial score (nSPS) is 17.0. The van der Waals surface area contributed by atoms with E-state index in [0.29, 0.717) is 42.9 Å². The van der Waals surface area contributed by atoms with E-state index >= 15 is 0 Å². The largest absolute Gasteiger partial charge is 0.482 e. The number of carbonyl (C=O) groups excluding carboxylic acids is 3. The number of likely N-dealkylation sites (tertiary alicyclic amines) is 1. The van der Waals surface area contributed by atoms with Crippen molar-refractivity contribution in [2.75, 3.05) is 44.2 Å². The van der Waals surface area contributed by atoms with Crippen LogP contribution in [0.3, 0.4) is 0 Å². The molecule has 2 heterocycles. The van der Waals surface area contributed by atoms with Crippen molar-refractivity contribution in [2.45, 2.75) is 39.0 Å². The second-order valence-electron chi connectivity index (χ2n) is 7.43. The van der Waals surface area contributed by atoms with Crippen LogP contribution >= 0.6 is 0 Å². The third kappa shape index (κ3) is 5.32. The van der Waals surface area contributed by atoms with Gasteiger partial charge in [0.05, 0.1) is 5.69 Å². The van der Waals surface area contributed by atoms with E-state index in [2.05, 4.69) is 10.2 Å². The molecule has 0 aromatic heterocycles. The summed E-state index contributed by atoms with van der Waals surface area (Å²) in [5.74, 6) is 0.388. The number of Topliss-reactive ketones (excluding diaryl/α,β-unsaturated/α-hetero) is 1. The zero-order valence-electron chi connectivity index (χ0n) is 16.5. The number of amides is 2. The van der Waals surface area contributed by atoms with Crippen LogP contribution in [0.1, 0.15) is 49.4 Å². The van der Waals surface area contributed by atoms with Crippen molar-refractivity contribution in [3.63, 3.8) is 0 Å². The Kier molecular flexibility index (Phi) is 7.03. The van der Waals surface area contributed by atoms with E-state index in [-0.39, 0.29) is 24.2 Å². The van der Waals surface area contributed by atoms with E-state index in [1.807, 2.05) is 0 Å². The number of nitrogens with one attached hydrogen (secondary N) is 1. The summed E-state index contributed by atoms with van der Waals surface area (Å²) in [6, 6.07) is 5.11. The van der Waals surface area contributed by atoms with Gasteiger partial charge in [-0.05, 0) is 57.5 Å². The summed E-state index contributed by atoms with van der Waals surface area (Å²) in [7, 11) is 0. The molecule has 0 bridgehead atoms. The highest BCUT2D eigenvalue weighted by Gasteiger charge is 2.26. The summed E-state index contributed by atoms with van der Waals surface area (Å²) in [4.78, 5) is 40.0. The predicted octanol–water partition coefficient (Wildman–Crippen LogP) is 2.00. The highest BCUT2D eigenvalue weighted by molar-refractivity contribution is 6.01. The first-order chi connectivity index (χ1) is 13.5. The highest BCUT2D eigenvalue weighted by atomic mass is 16.5. The van der Waals surface area contributed by atoms with Crippen LogP contribution in [-0.4, -0.2) is 61.8 Å². The Morgan fingerprint density at radius 2 is 1.93 bits per heavy atom. The minimum atomic E-state index is -0.154. The minimum absolute atomic E-state index is 0.00966. The highest BCUT2D eigenvalue weighted by Crippen LogP contribution is 2.33. The Hall–Kier alpha value is -2.41. The first-order valence-corrected chi connectivity index (χ1v) is 10.1. The molecule has 2 amide bonds. The van der Waals surface area contributed by atoms with E-state index in [0.717, 1.165) is 19.6 Å². The number of fused-ring (bicyclic) bond motifs is 1. The molecule has 7 heteroatoms. The van der Waals surface area contributed by atoms with Crippen LogP contribution in [0.25, 0.3) is 0 Å². The molecule has 152 valence electrons. The van der Waals surface area contributed by atoms with Gasteiger partial charge in [-0.2, -0.15) is 0 Å². The van der Waals surface area contributed by atoms with Gasteiger partial charge in [0, 0.05) is 31.6 Å². The first-order valence-electron chi connectivity index (χ1n) is 10.1. The summed E-state index contributed by atoms with van der Waals surface area (Å²) in [5, 5.41) is 2.97.